The molecule has 0 bridgehead atoms. The number of nitrogens with zero attached hydrogens (tertiary/aromatic N) is 3. The second-order valence-electron chi connectivity index (χ2n) is 2.77. The van der Waals surface area contributed by atoms with Crippen molar-refractivity contribution in [3.63, 3.8) is 0 Å². The molecule has 0 aliphatic carbocycles. The normalized spacial score (nSPS) is 11.5. The number of aromatic amines is 1. The van der Waals surface area contributed by atoms with E-state index in [-0.39, 0.29) is 0 Å². The molecule has 0 spiro atoms. The number of rotatable bonds is 3. The summed E-state index contributed by atoms with van der Waals surface area (Å²) in [4.78, 5) is 0.633. The second kappa shape index (κ2) is 3.59. The van der Waals surface area contributed by atoms with Gasteiger partial charge in [-0.3, -0.25) is 4.72 Å². The maximum absolute atomic E-state index is 11.0. The van der Waals surface area contributed by atoms with Crippen LogP contribution in [0.3, 0.4) is 0 Å². The summed E-state index contributed by atoms with van der Waals surface area (Å²) in [6.45, 7) is 0. The first kappa shape index (κ1) is 10.1. The Morgan fingerprint density at radius 2 is 2.33 bits per heavy atom. The van der Waals surface area contributed by atoms with Crippen molar-refractivity contribution >= 4 is 27.0 Å². The third kappa shape index (κ3) is 2.30. The van der Waals surface area contributed by atoms with Crippen molar-refractivity contribution < 1.29 is 8.42 Å². The number of sulfonamides is 1. The number of hydrogen-bond acceptors (Lipinski definition) is 6. The number of aromatic nitrogens is 4. The van der Waals surface area contributed by atoms with Crippen molar-refractivity contribution in [2.75, 3.05) is 11.0 Å². The van der Waals surface area contributed by atoms with E-state index < -0.39 is 10.0 Å². The van der Waals surface area contributed by atoms with Crippen molar-refractivity contribution in [1.29, 1.82) is 0 Å². The van der Waals surface area contributed by atoms with Gasteiger partial charge in [-0.05, 0) is 16.7 Å². The Kier molecular flexibility index (Phi) is 2.40. The number of nitrogens with one attached hydrogen (secondary N) is 2. The van der Waals surface area contributed by atoms with E-state index in [4.69, 9.17) is 0 Å². The molecule has 80 valence electrons. The van der Waals surface area contributed by atoms with Gasteiger partial charge in [0.1, 0.15) is 0 Å². The standard InChI is InChI=1S/C6H7N5O2S2/c1-15(12,13)9-4-2-3-14-5(4)6-7-10-11-8-6/h2-3,9H,1H3,(H,7,8,10,11). The lowest BCUT2D eigenvalue weighted by atomic mass is 10.4. The molecule has 15 heavy (non-hydrogen) atoms. The minimum absolute atomic E-state index is 0.371. The molecule has 7 nitrogen and oxygen atoms in total. The summed E-state index contributed by atoms with van der Waals surface area (Å²) in [5.41, 5.74) is 0.462. The Morgan fingerprint density at radius 1 is 1.53 bits per heavy atom. The van der Waals surface area contributed by atoms with Gasteiger partial charge < -0.3 is 0 Å². The molecule has 0 saturated carbocycles. The molecule has 9 heteroatoms. The molecule has 0 fully saturated rings. The maximum atomic E-state index is 11.0. The highest BCUT2D eigenvalue weighted by Gasteiger charge is 2.13. The Balaban J connectivity index is 2.39. The Bertz CT molecular complexity index is 544. The van der Waals surface area contributed by atoms with E-state index in [0.717, 1.165) is 6.26 Å². The average Bonchev–Trinajstić information content (AvgIpc) is 2.68. The van der Waals surface area contributed by atoms with Crippen LogP contribution in [0.1, 0.15) is 0 Å². The summed E-state index contributed by atoms with van der Waals surface area (Å²) in [6.07, 6.45) is 1.09. The van der Waals surface area contributed by atoms with Crippen LogP contribution < -0.4 is 4.72 Å². The largest absolute Gasteiger partial charge is 0.282 e. The number of anilines is 1. The van der Waals surface area contributed by atoms with Gasteiger partial charge in [-0.2, -0.15) is 5.21 Å². The molecular weight excluding hydrogens is 238 g/mol. The van der Waals surface area contributed by atoms with Gasteiger partial charge in [0.2, 0.25) is 15.8 Å². The molecule has 0 saturated heterocycles. The highest BCUT2D eigenvalue weighted by atomic mass is 32.2. The van der Waals surface area contributed by atoms with E-state index in [1.807, 2.05) is 0 Å². The summed E-state index contributed by atoms with van der Waals surface area (Å²) in [7, 11) is -3.29. The number of tetrazole rings is 1. The van der Waals surface area contributed by atoms with Gasteiger partial charge in [-0.25, -0.2) is 8.42 Å². The number of hydrogen-bond donors (Lipinski definition) is 2. The van der Waals surface area contributed by atoms with Crippen molar-refractivity contribution in [3.8, 4) is 10.7 Å². The molecule has 0 radical (unpaired) electrons. The van der Waals surface area contributed by atoms with Crippen molar-refractivity contribution in [3.05, 3.63) is 11.4 Å². The third-order valence-corrected chi connectivity index (χ3v) is 3.01. The van der Waals surface area contributed by atoms with Gasteiger partial charge in [-0.15, -0.1) is 21.5 Å². The van der Waals surface area contributed by atoms with Crippen LogP contribution in [0.4, 0.5) is 5.69 Å². The third-order valence-electron chi connectivity index (χ3n) is 1.51. The molecule has 2 heterocycles. The van der Waals surface area contributed by atoms with E-state index in [1.54, 1.807) is 11.4 Å². The fourth-order valence-electron chi connectivity index (χ4n) is 1.02. The molecule has 2 aromatic rings. The monoisotopic (exact) mass is 245 g/mol. The molecule has 2 rings (SSSR count). The summed E-state index contributed by atoms with van der Waals surface area (Å²) in [5, 5.41) is 15.0. The minimum Gasteiger partial charge on any atom is -0.282 e. The summed E-state index contributed by atoms with van der Waals surface area (Å²) < 4.78 is 24.5. The van der Waals surface area contributed by atoms with Crippen LogP contribution in [0, 0.1) is 0 Å². The first-order valence-corrected chi connectivity index (χ1v) is 6.62. The second-order valence-corrected chi connectivity index (χ2v) is 5.44. The molecule has 0 aliphatic heterocycles. The molecule has 0 aliphatic rings. The topological polar surface area (TPSA) is 101 Å². The molecule has 0 unspecified atom stereocenters. The maximum Gasteiger partial charge on any atom is 0.229 e. The average molecular weight is 245 g/mol. The van der Waals surface area contributed by atoms with E-state index in [2.05, 4.69) is 25.3 Å². The zero-order chi connectivity index (χ0) is 10.9. The van der Waals surface area contributed by atoms with Crippen LogP contribution in [0.5, 0.6) is 0 Å². The summed E-state index contributed by atoms with van der Waals surface area (Å²) in [5.74, 6) is 0.371. The lowest BCUT2D eigenvalue weighted by Gasteiger charge is -2.01. The zero-order valence-electron chi connectivity index (χ0n) is 7.63. The molecule has 2 N–H and O–H groups in total. The number of H-pyrrole nitrogens is 1. The molecule has 2 aromatic heterocycles. The molecular formula is C6H7N5O2S2. The van der Waals surface area contributed by atoms with Crippen LogP contribution in [-0.4, -0.2) is 35.3 Å². The predicted octanol–water partition coefficient (Wildman–Crippen LogP) is 0.300. The van der Waals surface area contributed by atoms with E-state index in [9.17, 15) is 8.42 Å². The van der Waals surface area contributed by atoms with Crippen LogP contribution in [-0.2, 0) is 10.0 Å². The van der Waals surface area contributed by atoms with E-state index >= 15 is 0 Å². The Labute approximate surface area is 89.6 Å². The van der Waals surface area contributed by atoms with Gasteiger partial charge >= 0.3 is 0 Å². The quantitative estimate of drug-likeness (QED) is 0.810. The van der Waals surface area contributed by atoms with Gasteiger partial charge in [0.05, 0.1) is 16.8 Å². The molecule has 0 atom stereocenters. The zero-order valence-corrected chi connectivity index (χ0v) is 9.26. The van der Waals surface area contributed by atoms with E-state index in [0.29, 0.717) is 16.4 Å². The van der Waals surface area contributed by atoms with Crippen molar-refractivity contribution in [2.24, 2.45) is 0 Å². The minimum atomic E-state index is -3.29. The van der Waals surface area contributed by atoms with Gasteiger partial charge in [0.15, 0.2) is 0 Å². The first-order valence-electron chi connectivity index (χ1n) is 3.85. The lowest BCUT2D eigenvalue weighted by molar-refractivity contribution is 0.607. The van der Waals surface area contributed by atoms with Crippen LogP contribution in [0.15, 0.2) is 11.4 Å². The Morgan fingerprint density at radius 3 is 2.93 bits per heavy atom. The fourth-order valence-corrected chi connectivity index (χ4v) is 2.43. The lowest BCUT2D eigenvalue weighted by Crippen LogP contribution is -2.09. The van der Waals surface area contributed by atoms with Gasteiger partial charge in [0.25, 0.3) is 0 Å². The van der Waals surface area contributed by atoms with Crippen LogP contribution in [0.2, 0.25) is 0 Å². The summed E-state index contributed by atoms with van der Waals surface area (Å²) in [6, 6.07) is 1.65. The highest BCUT2D eigenvalue weighted by molar-refractivity contribution is 7.92. The highest BCUT2D eigenvalue weighted by Crippen LogP contribution is 2.30. The fraction of sp³-hybridized carbons (Fsp3) is 0.167. The van der Waals surface area contributed by atoms with Crippen LogP contribution >= 0.6 is 11.3 Å². The number of thiophene rings is 1. The van der Waals surface area contributed by atoms with E-state index in [1.165, 1.54) is 11.3 Å². The van der Waals surface area contributed by atoms with Crippen molar-refractivity contribution in [1.82, 2.24) is 20.6 Å². The first-order chi connectivity index (χ1) is 7.06. The molecule has 0 amide bonds. The predicted molar refractivity (Wildman–Crippen MR) is 56.0 cm³/mol. The Hall–Kier alpha value is -1.48. The molecule has 0 aromatic carbocycles. The van der Waals surface area contributed by atoms with Crippen molar-refractivity contribution in [2.45, 2.75) is 0 Å². The SMILES string of the molecule is CS(=O)(=O)Nc1ccsc1-c1nn[nH]n1. The van der Waals surface area contributed by atoms with Gasteiger partial charge in [0, 0.05) is 0 Å². The smallest absolute Gasteiger partial charge is 0.229 e. The van der Waals surface area contributed by atoms with Crippen LogP contribution in [0.25, 0.3) is 10.7 Å². The summed E-state index contributed by atoms with van der Waals surface area (Å²) >= 11 is 1.34. The van der Waals surface area contributed by atoms with Gasteiger partial charge in [-0.1, -0.05) is 0 Å².